The zero-order valence-corrected chi connectivity index (χ0v) is 79.1. The Morgan fingerprint density at radius 1 is 0.190 bits per heavy atom. The van der Waals surface area contributed by atoms with Gasteiger partial charge < -0.3 is 71.5 Å². The number of nitrogens with zero attached hydrogens (tertiary/aromatic N) is 7. The maximum absolute atomic E-state index is 10.1. The van der Waals surface area contributed by atoms with Gasteiger partial charge in [-0.05, 0) is 204 Å². The van der Waals surface area contributed by atoms with Crippen LogP contribution in [0.5, 0.6) is 80.5 Å². The molecule has 0 amide bonds. The third-order valence-electron chi connectivity index (χ3n) is 22.8. The number of phenols is 14. The van der Waals surface area contributed by atoms with Gasteiger partial charge in [0.05, 0.1) is 10.8 Å². The molecular weight excluding hydrogens is 1580 g/mol. The van der Waals surface area contributed by atoms with E-state index in [0.717, 1.165) is 76.2 Å². The van der Waals surface area contributed by atoms with Crippen LogP contribution in [0.15, 0.2) is 171 Å². The van der Waals surface area contributed by atoms with Crippen LogP contribution in [0.2, 0.25) is 0 Å². The molecule has 0 saturated heterocycles. The molecule has 0 unspecified atom stereocenters. The summed E-state index contributed by atoms with van der Waals surface area (Å²) in [7, 11) is 0. The Kier molecular flexibility index (Phi) is 32.7. The van der Waals surface area contributed by atoms with E-state index in [0.29, 0.717) is 93.4 Å². The molecule has 7 aromatic carbocycles. The first-order valence-corrected chi connectivity index (χ1v) is 44.2. The smallest absolute Gasteiger partial charge is 0.192 e. The molecule has 7 heterocycles. The quantitative estimate of drug-likeness (QED) is 0.0356. The summed E-state index contributed by atoms with van der Waals surface area (Å²) in [5, 5.41) is 149. The van der Waals surface area contributed by atoms with E-state index in [1.54, 1.807) is 36.4 Å². The maximum atomic E-state index is 10.1. The van der Waals surface area contributed by atoms with Crippen molar-refractivity contribution in [1.82, 2.24) is 0 Å². The number of aromatic nitrogens is 7. The second kappa shape index (κ2) is 41.6. The molecule has 0 saturated carbocycles. The van der Waals surface area contributed by atoms with Crippen LogP contribution >= 0.6 is 0 Å². The molecule has 0 aliphatic heterocycles. The number of rotatable bonds is 14. The fourth-order valence-corrected chi connectivity index (χ4v) is 15.5. The summed E-state index contributed by atoms with van der Waals surface area (Å²) in [6.07, 6.45) is 22.1. The SMILES string of the molecule is CC(C)c1c2ccc(O)c(O)c2cc[n+]1C(C)C.CC(C)c1c[n+](C(C)C)cc2cc(O)c(O)cc12.CC(C)c1c[n+](C(C)C)cc2ccc(O)c(O)c12.CC(C)c1cc(O)c(O)c2cc[n+](C(C)C)cc12.CC(C)c1cc2c(O)c(O)ccc2c[n+]1C(C)C.CC(C)c1cc2c[n+](C(C)C)ccc2c(O)c1O.CC(C)c1cc2cc(O)c(O)cc2c[n+]1C(C)C. The van der Waals surface area contributed by atoms with E-state index in [9.17, 15) is 71.5 Å². The van der Waals surface area contributed by atoms with Crippen molar-refractivity contribution < 1.29 is 103 Å². The first-order valence-electron chi connectivity index (χ1n) is 44.2. The van der Waals surface area contributed by atoms with Gasteiger partial charge in [0.15, 0.2) is 208 Å². The Labute approximate surface area is 743 Å². The first-order chi connectivity index (χ1) is 58.9. The average Bonchev–Trinajstić information content (AvgIpc) is 0.767. The highest BCUT2D eigenvalue weighted by atomic mass is 16.3. The molecule has 14 aromatic rings. The van der Waals surface area contributed by atoms with Gasteiger partial charge in [0.25, 0.3) is 0 Å². The first kappa shape index (κ1) is 99.0. The number of pyridine rings is 7. The Morgan fingerprint density at radius 2 is 0.587 bits per heavy atom. The van der Waals surface area contributed by atoms with Crippen LogP contribution in [-0.2, 0) is 0 Å². The van der Waals surface area contributed by atoms with Gasteiger partial charge >= 0.3 is 0 Å². The van der Waals surface area contributed by atoms with E-state index in [4.69, 9.17) is 0 Å². The largest absolute Gasteiger partial charge is 0.504 e. The minimum Gasteiger partial charge on any atom is -0.504 e. The molecule has 126 heavy (non-hydrogen) atoms. The van der Waals surface area contributed by atoms with Crippen molar-refractivity contribution in [2.45, 2.75) is 278 Å². The summed E-state index contributed by atoms with van der Waals surface area (Å²) in [6.45, 7) is 59.2. The summed E-state index contributed by atoms with van der Waals surface area (Å²) >= 11 is 0. The van der Waals surface area contributed by atoms with Gasteiger partial charge in [0.1, 0.15) is 0 Å². The highest BCUT2D eigenvalue weighted by Crippen LogP contribution is 2.44. The molecule has 0 bridgehead atoms. The monoisotopic (exact) mass is 1720 g/mol. The summed E-state index contributed by atoms with van der Waals surface area (Å²) in [5.74, 6) is 1.55. The van der Waals surface area contributed by atoms with Crippen LogP contribution in [0.4, 0.5) is 0 Å². The Hall–Kier alpha value is -12.4. The number of hydrogen-bond donors (Lipinski definition) is 14. The Balaban J connectivity index is 0.000000182. The summed E-state index contributed by atoms with van der Waals surface area (Å²) < 4.78 is 15.1. The third-order valence-corrected chi connectivity index (χ3v) is 22.8. The van der Waals surface area contributed by atoms with Gasteiger partial charge in [-0.2, -0.15) is 13.7 Å². The van der Waals surface area contributed by atoms with Crippen LogP contribution < -0.4 is 32.0 Å². The predicted molar refractivity (Wildman–Crippen MR) is 504 cm³/mol. The van der Waals surface area contributed by atoms with Crippen molar-refractivity contribution in [1.29, 1.82) is 0 Å². The molecule has 21 heteroatoms. The molecule has 21 nitrogen and oxygen atoms in total. The van der Waals surface area contributed by atoms with Crippen molar-refractivity contribution in [3.05, 3.63) is 211 Å². The van der Waals surface area contributed by atoms with E-state index < -0.39 is 0 Å². The Bertz CT molecular complexity index is 6090. The van der Waals surface area contributed by atoms with Crippen molar-refractivity contribution >= 4 is 75.4 Å². The van der Waals surface area contributed by atoms with Gasteiger partial charge in [-0.3, -0.25) is 0 Å². The fourth-order valence-electron chi connectivity index (χ4n) is 15.5. The minimum atomic E-state index is -0.0740. The van der Waals surface area contributed by atoms with Crippen LogP contribution in [0.25, 0.3) is 75.4 Å². The number of phenolic OH excluding ortho intramolecular Hbond substituents is 14. The highest BCUT2D eigenvalue weighted by Gasteiger charge is 2.28. The number of hydrogen-bond acceptors (Lipinski definition) is 14. The minimum absolute atomic E-state index is 0.000188. The average molecular weight is 1720 g/mol. The van der Waals surface area contributed by atoms with E-state index >= 15 is 0 Å². The third kappa shape index (κ3) is 22.6. The number of aromatic hydroxyl groups is 14. The van der Waals surface area contributed by atoms with Crippen LogP contribution in [0, 0.1) is 0 Å². The summed E-state index contributed by atoms with van der Waals surface area (Å²) in [4.78, 5) is 0. The number of benzene rings is 7. The summed E-state index contributed by atoms with van der Waals surface area (Å²) in [5.41, 5.74) is 7.61. The lowest BCUT2D eigenvalue weighted by Gasteiger charge is -2.13. The lowest BCUT2D eigenvalue weighted by atomic mass is 9.96. The maximum Gasteiger partial charge on any atom is 0.192 e. The highest BCUT2D eigenvalue weighted by molar-refractivity contribution is 5.95. The van der Waals surface area contributed by atoms with Crippen molar-refractivity contribution in [2.24, 2.45) is 0 Å². The molecule has 0 radical (unpaired) electrons. The van der Waals surface area contributed by atoms with Crippen molar-refractivity contribution in [3.63, 3.8) is 0 Å². The van der Waals surface area contributed by atoms with E-state index in [2.05, 4.69) is 230 Å². The molecule has 0 atom stereocenters. The second-order valence-corrected chi connectivity index (χ2v) is 37.1. The van der Waals surface area contributed by atoms with E-state index in [-0.39, 0.29) is 92.3 Å². The topological polar surface area (TPSA) is 310 Å². The van der Waals surface area contributed by atoms with Gasteiger partial charge in [-0.1, -0.05) is 96.9 Å². The normalized spacial score (nSPS) is 11.7. The summed E-state index contributed by atoms with van der Waals surface area (Å²) in [6, 6.07) is 32.4. The van der Waals surface area contributed by atoms with Gasteiger partial charge in [-0.25, -0.2) is 18.3 Å². The zero-order chi connectivity index (χ0) is 94.1. The van der Waals surface area contributed by atoms with Gasteiger partial charge in [-0.15, -0.1) is 0 Å². The lowest BCUT2D eigenvalue weighted by molar-refractivity contribution is -0.723. The van der Waals surface area contributed by atoms with Crippen LogP contribution in [0.3, 0.4) is 0 Å². The second-order valence-electron chi connectivity index (χ2n) is 37.1. The molecule has 14 N–H and O–H groups in total. The van der Waals surface area contributed by atoms with E-state index in [1.807, 2.05) is 118 Å². The van der Waals surface area contributed by atoms with Gasteiger partial charge in [0, 0.05) is 124 Å². The van der Waals surface area contributed by atoms with Crippen molar-refractivity contribution in [3.8, 4) is 80.5 Å². The lowest BCUT2D eigenvalue weighted by Crippen LogP contribution is -2.41. The molecule has 0 spiro atoms. The standard InChI is InChI=1S/7C15H19NO2/c1-9(2)13-8-16(10(3)4)7-11-5-14(17)15(18)6-12(11)13;1-9(2)13-5-11-6-14(17)15(18)7-12(11)8-16(13)10(3)4;1-9(2)13-7-11-8-16(10(3)4)6-5-12(11)14(17)15(13)18;1-9(2)12-7-14(17)15(18)11-5-6-16(10(3)4)8-13(11)12;1-9(2)13-7-12-11(8-16(13)10(3)4)5-6-14(17)15(12)18;1-9(2)12-8-16(10(3)4)7-11-5-6-13(17)15(18)14(11)12;1-9(2)14-11-5-6-13(17)15(18)12(11)7-8-16(14)10(3)4/h5-10,17H,1-4H3;5-10,18H,1-4H3;5-10,17H,1-4H3;4*5-10,18H,1-4H3/p+7. The number of fused-ring (bicyclic) bond motifs is 7. The predicted octanol–water partition coefficient (Wildman–Crippen LogP) is 22.7. The molecule has 0 fully saturated rings. The van der Waals surface area contributed by atoms with Crippen LogP contribution in [0.1, 0.15) is 317 Å². The van der Waals surface area contributed by atoms with Crippen molar-refractivity contribution in [2.75, 3.05) is 0 Å². The Morgan fingerprint density at radius 3 is 1.09 bits per heavy atom. The molecule has 672 valence electrons. The van der Waals surface area contributed by atoms with Crippen LogP contribution in [-0.4, -0.2) is 71.5 Å². The molecule has 0 aliphatic rings. The molecular formula is C105H140N7O14+7. The zero-order valence-electron chi connectivity index (χ0n) is 79.1. The molecule has 0 aliphatic carbocycles. The molecule has 7 aromatic heterocycles. The van der Waals surface area contributed by atoms with Gasteiger partial charge in [0.2, 0.25) is 0 Å². The fraction of sp³-hybridized carbons (Fsp3) is 0.400. The molecule has 14 rings (SSSR count). The van der Waals surface area contributed by atoms with E-state index in [1.165, 1.54) is 29.1 Å².